The van der Waals surface area contributed by atoms with Gasteiger partial charge in [-0.2, -0.15) is 4.98 Å². The Balaban J connectivity index is 1.81. The molecule has 0 spiro atoms. The van der Waals surface area contributed by atoms with Gasteiger partial charge in [-0.1, -0.05) is 37.2 Å². The molecule has 3 rings (SSSR count). The molecular formula is C18H22N4O3. The van der Waals surface area contributed by atoms with Crippen LogP contribution in [-0.4, -0.2) is 48.2 Å². The minimum Gasteiger partial charge on any atom is -0.483 e. The second-order valence-electron chi connectivity index (χ2n) is 6.13. The fraction of sp³-hybridized carbons (Fsp3) is 0.444. The summed E-state index contributed by atoms with van der Waals surface area (Å²) in [4.78, 5) is 13.7. The summed E-state index contributed by atoms with van der Waals surface area (Å²) in [6, 6.07) is 9.19. The molecule has 1 aromatic heterocycles. The van der Waals surface area contributed by atoms with E-state index in [1.54, 1.807) is 14.2 Å². The van der Waals surface area contributed by atoms with Gasteiger partial charge in [0.15, 0.2) is 5.82 Å². The molecule has 132 valence electrons. The summed E-state index contributed by atoms with van der Waals surface area (Å²) in [6.45, 7) is 4.14. The lowest BCUT2D eigenvalue weighted by Crippen LogP contribution is -2.38. The summed E-state index contributed by atoms with van der Waals surface area (Å²) in [5.74, 6) is 2.46. The molecule has 2 atom stereocenters. The van der Waals surface area contributed by atoms with Crippen molar-refractivity contribution in [2.24, 2.45) is 15.9 Å². The van der Waals surface area contributed by atoms with Crippen molar-refractivity contribution in [3.05, 3.63) is 36.2 Å². The van der Waals surface area contributed by atoms with Crippen molar-refractivity contribution in [3.8, 4) is 11.5 Å². The molecule has 25 heavy (non-hydrogen) atoms. The van der Waals surface area contributed by atoms with Crippen molar-refractivity contribution in [3.63, 3.8) is 0 Å². The van der Waals surface area contributed by atoms with Crippen molar-refractivity contribution >= 4 is 11.8 Å². The number of aromatic nitrogens is 2. The Bertz CT molecular complexity index is 768. The van der Waals surface area contributed by atoms with Crippen molar-refractivity contribution in [1.82, 2.24) is 10.1 Å². The molecule has 0 bridgehead atoms. The SMILES string of the molecule is COC1=N[C@H](C(C)C)C(OC)=N[C@H]1Cc1noc(-c2ccccc2)n1. The first kappa shape index (κ1) is 17.1. The normalized spacial score (nSPS) is 20.2. The Morgan fingerprint density at radius 1 is 1.04 bits per heavy atom. The van der Waals surface area contributed by atoms with Gasteiger partial charge >= 0.3 is 0 Å². The Morgan fingerprint density at radius 2 is 1.76 bits per heavy atom. The fourth-order valence-electron chi connectivity index (χ4n) is 2.70. The van der Waals surface area contributed by atoms with Crippen molar-refractivity contribution in [2.45, 2.75) is 32.4 Å². The van der Waals surface area contributed by atoms with Crippen LogP contribution in [0.15, 0.2) is 44.8 Å². The highest BCUT2D eigenvalue weighted by Gasteiger charge is 2.31. The maximum absolute atomic E-state index is 5.44. The van der Waals surface area contributed by atoms with E-state index >= 15 is 0 Å². The summed E-state index contributed by atoms with van der Waals surface area (Å²) >= 11 is 0. The molecule has 0 aliphatic carbocycles. The average molecular weight is 342 g/mol. The lowest BCUT2D eigenvalue weighted by molar-refractivity contribution is 0.331. The molecule has 0 saturated heterocycles. The molecule has 7 nitrogen and oxygen atoms in total. The molecule has 1 aliphatic heterocycles. The number of hydrogen-bond acceptors (Lipinski definition) is 7. The molecule has 0 unspecified atom stereocenters. The number of hydrogen-bond donors (Lipinski definition) is 0. The maximum atomic E-state index is 5.44. The second kappa shape index (κ2) is 7.46. The van der Waals surface area contributed by atoms with Gasteiger partial charge in [0, 0.05) is 12.0 Å². The largest absolute Gasteiger partial charge is 0.483 e. The third-order valence-corrected chi connectivity index (χ3v) is 4.00. The van der Waals surface area contributed by atoms with Crippen LogP contribution in [0.25, 0.3) is 11.5 Å². The van der Waals surface area contributed by atoms with Gasteiger partial charge in [-0.15, -0.1) is 0 Å². The summed E-state index contributed by atoms with van der Waals surface area (Å²) in [5.41, 5.74) is 0.881. The molecule has 0 saturated carbocycles. The molecular weight excluding hydrogens is 320 g/mol. The average Bonchev–Trinajstić information content (AvgIpc) is 3.10. The van der Waals surface area contributed by atoms with Crippen LogP contribution >= 0.6 is 0 Å². The summed E-state index contributed by atoms with van der Waals surface area (Å²) in [5, 5.41) is 4.05. The smallest absolute Gasteiger partial charge is 0.257 e. The van der Waals surface area contributed by atoms with E-state index in [-0.39, 0.29) is 18.0 Å². The minimum atomic E-state index is -0.323. The number of methoxy groups -OCH3 is 2. The van der Waals surface area contributed by atoms with Gasteiger partial charge in [0.1, 0.15) is 12.1 Å². The zero-order valence-corrected chi connectivity index (χ0v) is 14.8. The van der Waals surface area contributed by atoms with E-state index in [1.807, 2.05) is 30.3 Å². The molecule has 1 aliphatic rings. The van der Waals surface area contributed by atoms with E-state index in [0.29, 0.717) is 29.9 Å². The molecule has 2 aromatic rings. The molecule has 1 aromatic carbocycles. The molecule has 7 heteroatoms. The van der Waals surface area contributed by atoms with Gasteiger partial charge in [-0.3, -0.25) is 0 Å². The monoisotopic (exact) mass is 342 g/mol. The standard InChI is InChI=1S/C18H22N4O3/c1-11(2)15-18(24-4)19-13(17(21-15)23-3)10-14-20-16(25-22-14)12-8-6-5-7-9-12/h5-9,11,13,15H,10H2,1-4H3/t13-,15+/m0/s1. The van der Waals surface area contributed by atoms with Crippen LogP contribution in [0.2, 0.25) is 0 Å². The van der Waals surface area contributed by atoms with Crippen LogP contribution in [0.5, 0.6) is 0 Å². The molecule has 0 N–H and O–H groups in total. The third-order valence-electron chi connectivity index (χ3n) is 4.00. The van der Waals surface area contributed by atoms with Gasteiger partial charge in [-0.05, 0) is 18.1 Å². The van der Waals surface area contributed by atoms with E-state index in [0.717, 1.165) is 5.56 Å². The minimum absolute atomic E-state index is 0.138. The molecule has 0 amide bonds. The van der Waals surface area contributed by atoms with Crippen LogP contribution in [0.3, 0.4) is 0 Å². The summed E-state index contributed by atoms with van der Waals surface area (Å²) in [7, 11) is 3.21. The van der Waals surface area contributed by atoms with Crippen LogP contribution in [0.4, 0.5) is 0 Å². The first-order valence-electron chi connectivity index (χ1n) is 8.23. The first-order valence-corrected chi connectivity index (χ1v) is 8.23. The topological polar surface area (TPSA) is 82.1 Å². The first-order chi connectivity index (χ1) is 12.1. The number of ether oxygens (including phenoxy) is 2. The molecule has 0 fully saturated rings. The Morgan fingerprint density at radius 3 is 2.40 bits per heavy atom. The molecule has 2 heterocycles. The van der Waals surface area contributed by atoms with Crippen LogP contribution in [0, 0.1) is 5.92 Å². The number of benzene rings is 1. The van der Waals surface area contributed by atoms with Crippen LogP contribution in [0.1, 0.15) is 19.7 Å². The number of nitrogens with zero attached hydrogens (tertiary/aromatic N) is 4. The van der Waals surface area contributed by atoms with Crippen molar-refractivity contribution in [2.75, 3.05) is 14.2 Å². The Hall–Kier alpha value is -2.70. The van der Waals surface area contributed by atoms with Crippen molar-refractivity contribution in [1.29, 1.82) is 0 Å². The summed E-state index contributed by atoms with van der Waals surface area (Å²) < 4.78 is 16.2. The van der Waals surface area contributed by atoms with Crippen LogP contribution in [-0.2, 0) is 15.9 Å². The van der Waals surface area contributed by atoms with Gasteiger partial charge in [0.05, 0.1) is 14.2 Å². The van der Waals surface area contributed by atoms with E-state index in [9.17, 15) is 0 Å². The second-order valence-corrected chi connectivity index (χ2v) is 6.13. The maximum Gasteiger partial charge on any atom is 0.257 e. The van der Waals surface area contributed by atoms with Crippen molar-refractivity contribution < 1.29 is 14.0 Å². The van der Waals surface area contributed by atoms with E-state index in [1.165, 1.54) is 0 Å². The highest BCUT2D eigenvalue weighted by molar-refractivity contribution is 5.94. The van der Waals surface area contributed by atoms with Crippen LogP contribution < -0.4 is 0 Å². The van der Waals surface area contributed by atoms with E-state index in [4.69, 9.17) is 14.0 Å². The zero-order chi connectivity index (χ0) is 17.8. The zero-order valence-electron chi connectivity index (χ0n) is 14.8. The number of rotatable bonds is 4. The summed E-state index contributed by atoms with van der Waals surface area (Å²) in [6.07, 6.45) is 0.431. The lowest BCUT2D eigenvalue weighted by Gasteiger charge is -2.26. The van der Waals surface area contributed by atoms with Gasteiger partial charge in [0.25, 0.3) is 5.89 Å². The predicted octanol–water partition coefficient (Wildman–Crippen LogP) is 2.78. The quantitative estimate of drug-likeness (QED) is 0.853. The highest BCUT2D eigenvalue weighted by atomic mass is 16.5. The van der Waals surface area contributed by atoms with Gasteiger partial charge in [0.2, 0.25) is 11.8 Å². The Labute approximate surface area is 146 Å². The van der Waals surface area contributed by atoms with Gasteiger partial charge < -0.3 is 14.0 Å². The lowest BCUT2D eigenvalue weighted by atomic mass is 10.0. The predicted molar refractivity (Wildman–Crippen MR) is 94.7 cm³/mol. The highest BCUT2D eigenvalue weighted by Crippen LogP contribution is 2.21. The third kappa shape index (κ3) is 3.70. The molecule has 0 radical (unpaired) electrons. The fourth-order valence-corrected chi connectivity index (χ4v) is 2.70. The Kier molecular flexibility index (Phi) is 5.11. The van der Waals surface area contributed by atoms with E-state index < -0.39 is 0 Å². The van der Waals surface area contributed by atoms with E-state index in [2.05, 4.69) is 34.0 Å². The van der Waals surface area contributed by atoms with Gasteiger partial charge in [-0.25, -0.2) is 9.98 Å². The number of aliphatic imine (C=N–C) groups is 2.